The Morgan fingerprint density at radius 2 is 1.71 bits per heavy atom. The van der Waals surface area contributed by atoms with Gasteiger partial charge < -0.3 is 9.16 Å². The van der Waals surface area contributed by atoms with E-state index < -0.39 is 8.32 Å². The summed E-state index contributed by atoms with van der Waals surface area (Å²) in [7, 11) is -1.60. The Morgan fingerprint density at radius 3 is 2.00 bits per heavy atom. The highest BCUT2D eigenvalue weighted by Crippen LogP contribution is 2.39. The molecule has 1 saturated heterocycles. The molecule has 1 rings (SSSR count). The Morgan fingerprint density at radius 1 is 1.29 bits per heavy atom. The van der Waals surface area contributed by atoms with Crippen molar-refractivity contribution < 1.29 is 9.16 Å². The zero-order chi connectivity index (χ0) is 11.1. The molecule has 2 nitrogen and oxygen atoms in total. The number of hydrogen-bond donors (Lipinski definition) is 0. The highest BCUT2D eigenvalue weighted by atomic mass is 28.4. The van der Waals surface area contributed by atoms with Crippen LogP contribution in [0, 0.1) is 0 Å². The van der Waals surface area contributed by atoms with E-state index in [2.05, 4.69) is 47.7 Å². The largest absolute Gasteiger partial charge is 0.411 e. The van der Waals surface area contributed by atoms with Crippen LogP contribution in [0.3, 0.4) is 0 Å². The van der Waals surface area contributed by atoms with E-state index in [1.807, 2.05) is 0 Å². The highest BCUT2D eigenvalue weighted by molar-refractivity contribution is 6.74. The van der Waals surface area contributed by atoms with Crippen molar-refractivity contribution in [1.29, 1.82) is 0 Å². The summed E-state index contributed by atoms with van der Waals surface area (Å²) < 4.78 is 11.6. The standard InChI is InChI=1S/C11H24O2Si/c1-8-10(12-8)9(2)13-14(6,7)11(3,4)5/h8-10H,1-7H3/t8-,9-,10+/m0/s1. The molecule has 3 heteroatoms. The average Bonchev–Trinajstić information content (AvgIpc) is 2.63. The molecule has 0 radical (unpaired) electrons. The van der Waals surface area contributed by atoms with E-state index in [1.165, 1.54) is 0 Å². The van der Waals surface area contributed by atoms with Crippen LogP contribution in [0.4, 0.5) is 0 Å². The monoisotopic (exact) mass is 216 g/mol. The normalized spacial score (nSPS) is 30.2. The van der Waals surface area contributed by atoms with Crippen molar-refractivity contribution in [2.45, 2.75) is 71.1 Å². The van der Waals surface area contributed by atoms with Gasteiger partial charge in [-0.25, -0.2) is 0 Å². The summed E-state index contributed by atoms with van der Waals surface area (Å²) in [6.45, 7) is 15.6. The second-order valence-corrected chi connectivity index (χ2v) is 10.6. The van der Waals surface area contributed by atoms with E-state index in [9.17, 15) is 0 Å². The molecule has 1 fully saturated rings. The first-order valence-corrected chi connectivity index (χ1v) is 8.39. The Balaban J connectivity index is 2.50. The van der Waals surface area contributed by atoms with Gasteiger partial charge in [0.25, 0.3) is 0 Å². The van der Waals surface area contributed by atoms with Crippen molar-refractivity contribution in [2.24, 2.45) is 0 Å². The molecule has 84 valence electrons. The van der Waals surface area contributed by atoms with E-state index in [0.717, 1.165) is 0 Å². The number of rotatable bonds is 3. The van der Waals surface area contributed by atoms with E-state index in [0.29, 0.717) is 17.2 Å². The predicted octanol–water partition coefficient (Wildman–Crippen LogP) is 3.18. The van der Waals surface area contributed by atoms with Gasteiger partial charge in [0.2, 0.25) is 0 Å². The first kappa shape index (κ1) is 12.2. The summed E-state index contributed by atoms with van der Waals surface area (Å²) in [6.07, 6.45) is 0.991. The fourth-order valence-corrected chi connectivity index (χ4v) is 2.82. The van der Waals surface area contributed by atoms with Crippen LogP contribution in [0.25, 0.3) is 0 Å². The minimum atomic E-state index is -1.60. The Hall–Kier alpha value is 0.137. The maximum Gasteiger partial charge on any atom is 0.192 e. The second-order valence-electron chi connectivity index (χ2n) is 5.89. The Labute approximate surface area is 89.1 Å². The average molecular weight is 216 g/mol. The van der Waals surface area contributed by atoms with Gasteiger partial charge in [-0.2, -0.15) is 0 Å². The summed E-state index contributed by atoms with van der Waals surface area (Å²) in [4.78, 5) is 0. The SMILES string of the molecule is C[C@@H]1O[C@H]1[C@H](C)O[Si](C)(C)C(C)(C)C. The third-order valence-corrected chi connectivity index (χ3v) is 8.08. The van der Waals surface area contributed by atoms with Gasteiger partial charge in [0.05, 0.1) is 12.2 Å². The molecule has 14 heavy (non-hydrogen) atoms. The van der Waals surface area contributed by atoms with Crippen LogP contribution in [-0.4, -0.2) is 26.6 Å². The van der Waals surface area contributed by atoms with Crippen LogP contribution in [0.2, 0.25) is 18.1 Å². The molecule has 0 aliphatic carbocycles. The van der Waals surface area contributed by atoms with Crippen LogP contribution in [0.1, 0.15) is 34.6 Å². The lowest BCUT2D eigenvalue weighted by atomic mass is 10.2. The van der Waals surface area contributed by atoms with Crippen LogP contribution in [-0.2, 0) is 9.16 Å². The number of epoxide rings is 1. The molecule has 0 amide bonds. The van der Waals surface area contributed by atoms with E-state index in [-0.39, 0.29) is 6.10 Å². The van der Waals surface area contributed by atoms with Gasteiger partial charge in [0.15, 0.2) is 8.32 Å². The van der Waals surface area contributed by atoms with Crippen LogP contribution >= 0.6 is 0 Å². The Kier molecular flexibility index (Phi) is 3.15. The minimum absolute atomic E-state index is 0.255. The molecule has 0 N–H and O–H groups in total. The summed E-state index contributed by atoms with van der Waals surface area (Å²) in [5.41, 5.74) is 0. The molecule has 0 aromatic carbocycles. The molecule has 1 aliphatic rings. The molecule has 0 aromatic heterocycles. The van der Waals surface area contributed by atoms with E-state index in [1.54, 1.807) is 0 Å². The first-order valence-electron chi connectivity index (χ1n) is 5.48. The fourth-order valence-electron chi connectivity index (χ4n) is 1.40. The van der Waals surface area contributed by atoms with Crippen molar-refractivity contribution in [1.82, 2.24) is 0 Å². The van der Waals surface area contributed by atoms with Gasteiger partial charge in [-0.15, -0.1) is 0 Å². The zero-order valence-corrected chi connectivity index (χ0v) is 11.5. The summed E-state index contributed by atoms with van der Waals surface area (Å²) in [5, 5.41) is 0.291. The van der Waals surface area contributed by atoms with Crippen LogP contribution < -0.4 is 0 Å². The molecule has 3 atom stereocenters. The van der Waals surface area contributed by atoms with Gasteiger partial charge >= 0.3 is 0 Å². The third kappa shape index (κ3) is 2.58. The lowest BCUT2D eigenvalue weighted by Gasteiger charge is -2.38. The second kappa shape index (κ2) is 3.61. The molecule has 0 saturated carbocycles. The molecule has 0 unspecified atom stereocenters. The molecular formula is C11H24O2Si. The lowest BCUT2D eigenvalue weighted by Crippen LogP contribution is -2.44. The zero-order valence-electron chi connectivity index (χ0n) is 10.5. The first-order chi connectivity index (χ1) is 6.15. The van der Waals surface area contributed by atoms with Gasteiger partial charge in [0, 0.05) is 0 Å². The minimum Gasteiger partial charge on any atom is -0.411 e. The summed E-state index contributed by atoms with van der Waals surface area (Å²) in [6, 6.07) is 0. The van der Waals surface area contributed by atoms with Gasteiger partial charge in [-0.05, 0) is 32.0 Å². The smallest absolute Gasteiger partial charge is 0.192 e. The van der Waals surface area contributed by atoms with Crippen molar-refractivity contribution in [3.8, 4) is 0 Å². The highest BCUT2D eigenvalue weighted by Gasteiger charge is 2.45. The van der Waals surface area contributed by atoms with Crippen molar-refractivity contribution >= 4 is 8.32 Å². The summed E-state index contributed by atoms with van der Waals surface area (Å²) >= 11 is 0. The molecule has 1 heterocycles. The molecular weight excluding hydrogens is 192 g/mol. The maximum absolute atomic E-state index is 6.21. The van der Waals surface area contributed by atoms with Gasteiger partial charge in [-0.3, -0.25) is 0 Å². The molecule has 0 spiro atoms. The quantitative estimate of drug-likeness (QED) is 0.534. The van der Waals surface area contributed by atoms with E-state index in [4.69, 9.17) is 9.16 Å². The Bertz CT molecular complexity index is 208. The third-order valence-electron chi connectivity index (χ3n) is 3.51. The van der Waals surface area contributed by atoms with E-state index >= 15 is 0 Å². The molecule has 1 aliphatic heterocycles. The number of hydrogen-bond acceptors (Lipinski definition) is 2. The van der Waals surface area contributed by atoms with Crippen molar-refractivity contribution in [3.05, 3.63) is 0 Å². The van der Waals surface area contributed by atoms with Gasteiger partial charge in [-0.1, -0.05) is 20.8 Å². The molecule has 0 aromatic rings. The molecule has 0 bridgehead atoms. The van der Waals surface area contributed by atoms with Crippen LogP contribution in [0.5, 0.6) is 0 Å². The topological polar surface area (TPSA) is 21.8 Å². The number of ether oxygens (including phenoxy) is 1. The lowest BCUT2D eigenvalue weighted by molar-refractivity contribution is 0.159. The van der Waals surface area contributed by atoms with Crippen molar-refractivity contribution in [3.63, 3.8) is 0 Å². The summed E-state index contributed by atoms with van der Waals surface area (Å²) in [5.74, 6) is 0. The maximum atomic E-state index is 6.21. The predicted molar refractivity (Wildman–Crippen MR) is 62.1 cm³/mol. The van der Waals surface area contributed by atoms with Crippen LogP contribution in [0.15, 0.2) is 0 Å². The fraction of sp³-hybridized carbons (Fsp3) is 1.00. The van der Waals surface area contributed by atoms with Gasteiger partial charge in [0.1, 0.15) is 6.10 Å². The van der Waals surface area contributed by atoms with Crippen molar-refractivity contribution in [2.75, 3.05) is 0 Å².